The van der Waals surface area contributed by atoms with Crippen molar-refractivity contribution in [2.24, 2.45) is 5.41 Å². The zero-order valence-electron chi connectivity index (χ0n) is 20.0. The van der Waals surface area contributed by atoms with Crippen LogP contribution in [0.3, 0.4) is 0 Å². The summed E-state index contributed by atoms with van der Waals surface area (Å²) in [5, 5.41) is 8.35. The number of carbonyl (C=O) groups is 1. The molecule has 3 aromatic carbocycles. The van der Waals surface area contributed by atoms with Gasteiger partial charge in [0.15, 0.2) is 0 Å². The Kier molecular flexibility index (Phi) is 5.82. The van der Waals surface area contributed by atoms with E-state index in [0.29, 0.717) is 0 Å². The van der Waals surface area contributed by atoms with Crippen LogP contribution in [0.4, 0.5) is 0 Å². The van der Waals surface area contributed by atoms with Gasteiger partial charge in [0, 0.05) is 5.56 Å². The summed E-state index contributed by atoms with van der Waals surface area (Å²) in [5.41, 5.74) is 6.43. The van der Waals surface area contributed by atoms with Crippen LogP contribution in [0.15, 0.2) is 91.0 Å². The number of rotatable bonds is 5. The van der Waals surface area contributed by atoms with Crippen molar-refractivity contribution in [3.8, 4) is 5.69 Å². The summed E-state index contributed by atoms with van der Waals surface area (Å²) in [6.45, 7) is 6.61. The van der Waals surface area contributed by atoms with Crippen LogP contribution >= 0.6 is 0 Å². The molecule has 4 nitrogen and oxygen atoms in total. The predicted molar refractivity (Wildman–Crippen MR) is 136 cm³/mol. The average Bonchev–Trinajstić information content (AvgIpc) is 3.16. The van der Waals surface area contributed by atoms with Crippen LogP contribution < -0.4 is 5.32 Å². The Labute approximate surface area is 201 Å². The SMILES string of the molecule is Cc1nn(-c2ccccc2)c2c1C(NC(=O)C(c1ccccc1)c1ccccc1)CC(C)(C)C2. The summed E-state index contributed by atoms with van der Waals surface area (Å²) in [6, 6.07) is 30.3. The number of hydrogen-bond donors (Lipinski definition) is 1. The minimum Gasteiger partial charge on any atom is -0.348 e. The van der Waals surface area contributed by atoms with Crippen LogP contribution in [0.1, 0.15) is 60.3 Å². The molecule has 1 aliphatic rings. The van der Waals surface area contributed by atoms with Gasteiger partial charge in [-0.05, 0) is 48.4 Å². The Morgan fingerprint density at radius 3 is 2.00 bits per heavy atom. The second-order valence-corrected chi connectivity index (χ2v) is 10.1. The highest BCUT2D eigenvalue weighted by molar-refractivity contribution is 5.87. The molecule has 4 aromatic rings. The van der Waals surface area contributed by atoms with E-state index in [1.54, 1.807) is 0 Å². The van der Waals surface area contributed by atoms with Crippen LogP contribution in [0.25, 0.3) is 5.69 Å². The van der Waals surface area contributed by atoms with Crippen LogP contribution in [0.5, 0.6) is 0 Å². The van der Waals surface area contributed by atoms with E-state index in [9.17, 15) is 4.79 Å². The molecule has 1 aromatic heterocycles. The number of benzene rings is 3. The number of nitrogens with zero attached hydrogens (tertiary/aromatic N) is 2. The fraction of sp³-hybridized carbons (Fsp3) is 0.267. The van der Waals surface area contributed by atoms with Gasteiger partial charge in [0.1, 0.15) is 0 Å². The Morgan fingerprint density at radius 1 is 0.912 bits per heavy atom. The molecule has 172 valence electrons. The summed E-state index contributed by atoms with van der Waals surface area (Å²) in [6.07, 6.45) is 1.80. The normalized spacial score (nSPS) is 16.8. The molecule has 1 unspecified atom stereocenters. The van der Waals surface area contributed by atoms with Crippen LogP contribution in [-0.2, 0) is 11.2 Å². The van der Waals surface area contributed by atoms with Crippen molar-refractivity contribution in [2.45, 2.75) is 45.6 Å². The molecule has 1 N–H and O–H groups in total. The van der Waals surface area contributed by atoms with Crippen molar-refractivity contribution < 1.29 is 4.79 Å². The first-order chi connectivity index (χ1) is 16.4. The molecule has 1 amide bonds. The molecule has 0 saturated carbocycles. The topological polar surface area (TPSA) is 46.9 Å². The minimum atomic E-state index is -0.361. The standard InChI is InChI=1S/C30H31N3O/c1-21-27-25(19-30(2,3)20-26(27)33(32-21)24-17-11-6-12-18-24)31-29(34)28(22-13-7-4-8-14-22)23-15-9-5-10-16-23/h4-18,25,28H,19-20H2,1-3H3,(H,31,34). The number of aryl methyl sites for hydroxylation is 1. The maximum atomic E-state index is 13.9. The molecule has 4 heteroatoms. The number of para-hydroxylation sites is 1. The second-order valence-electron chi connectivity index (χ2n) is 10.1. The van der Waals surface area contributed by atoms with Crippen molar-refractivity contribution in [1.29, 1.82) is 0 Å². The quantitative estimate of drug-likeness (QED) is 0.398. The Bertz CT molecular complexity index is 1240. The third-order valence-corrected chi connectivity index (χ3v) is 6.80. The van der Waals surface area contributed by atoms with E-state index in [4.69, 9.17) is 5.10 Å². The number of aromatic nitrogens is 2. The van der Waals surface area contributed by atoms with Crippen LogP contribution in [0.2, 0.25) is 0 Å². The number of fused-ring (bicyclic) bond motifs is 1. The summed E-state index contributed by atoms with van der Waals surface area (Å²) < 4.78 is 2.07. The van der Waals surface area contributed by atoms with E-state index >= 15 is 0 Å². The molecule has 0 fully saturated rings. The highest BCUT2D eigenvalue weighted by Gasteiger charge is 2.38. The molecule has 0 bridgehead atoms. The summed E-state index contributed by atoms with van der Waals surface area (Å²) in [7, 11) is 0. The average molecular weight is 450 g/mol. The summed E-state index contributed by atoms with van der Waals surface area (Å²) in [5.74, 6) is -0.335. The highest BCUT2D eigenvalue weighted by Crippen LogP contribution is 2.43. The zero-order chi connectivity index (χ0) is 23.7. The monoisotopic (exact) mass is 449 g/mol. The number of carbonyl (C=O) groups excluding carboxylic acids is 1. The molecule has 0 aliphatic heterocycles. The van der Waals surface area contributed by atoms with Gasteiger partial charge in [-0.25, -0.2) is 4.68 Å². The number of amides is 1. The van der Waals surface area contributed by atoms with Crippen molar-refractivity contribution in [1.82, 2.24) is 15.1 Å². The third kappa shape index (κ3) is 4.28. The Balaban J connectivity index is 1.53. The molecule has 1 aliphatic carbocycles. The van der Waals surface area contributed by atoms with Crippen molar-refractivity contribution in [2.75, 3.05) is 0 Å². The van der Waals surface area contributed by atoms with Gasteiger partial charge in [-0.3, -0.25) is 4.79 Å². The summed E-state index contributed by atoms with van der Waals surface area (Å²) in [4.78, 5) is 13.9. The largest absolute Gasteiger partial charge is 0.348 e. The van der Waals surface area contributed by atoms with Gasteiger partial charge in [-0.1, -0.05) is 92.7 Å². The molecule has 0 radical (unpaired) electrons. The van der Waals surface area contributed by atoms with Gasteiger partial charge in [-0.15, -0.1) is 0 Å². The number of nitrogens with one attached hydrogen (secondary N) is 1. The lowest BCUT2D eigenvalue weighted by atomic mass is 9.73. The molecule has 5 rings (SSSR count). The molecular formula is C30H31N3O. The lowest BCUT2D eigenvalue weighted by Gasteiger charge is -2.37. The van der Waals surface area contributed by atoms with Gasteiger partial charge >= 0.3 is 0 Å². The molecule has 34 heavy (non-hydrogen) atoms. The highest BCUT2D eigenvalue weighted by atomic mass is 16.2. The maximum Gasteiger partial charge on any atom is 0.232 e. The Hall–Kier alpha value is -3.66. The van der Waals surface area contributed by atoms with Crippen LogP contribution in [0, 0.1) is 12.3 Å². The van der Waals surface area contributed by atoms with Gasteiger partial charge < -0.3 is 5.32 Å². The van der Waals surface area contributed by atoms with Gasteiger partial charge in [0.25, 0.3) is 0 Å². The predicted octanol–water partition coefficient (Wildman–Crippen LogP) is 6.14. The minimum absolute atomic E-state index is 0.0258. The van der Waals surface area contributed by atoms with E-state index in [0.717, 1.165) is 40.9 Å². The van der Waals surface area contributed by atoms with Crippen LogP contribution in [-0.4, -0.2) is 15.7 Å². The first kappa shape index (κ1) is 22.1. The van der Waals surface area contributed by atoms with Gasteiger partial charge in [-0.2, -0.15) is 5.10 Å². The number of hydrogen-bond acceptors (Lipinski definition) is 2. The first-order valence-corrected chi connectivity index (χ1v) is 12.0. The van der Waals surface area contributed by atoms with E-state index in [1.807, 2.05) is 78.9 Å². The van der Waals surface area contributed by atoms with Crippen molar-refractivity contribution in [3.05, 3.63) is 119 Å². The van der Waals surface area contributed by atoms with E-state index in [1.165, 1.54) is 5.69 Å². The van der Waals surface area contributed by atoms with E-state index in [-0.39, 0.29) is 23.3 Å². The molecule has 0 saturated heterocycles. The second kappa shape index (κ2) is 8.94. The van der Waals surface area contributed by atoms with E-state index in [2.05, 4.69) is 42.9 Å². The van der Waals surface area contributed by atoms with Gasteiger partial charge in [0.05, 0.1) is 29.0 Å². The van der Waals surface area contributed by atoms with Gasteiger partial charge in [0.2, 0.25) is 5.91 Å². The summed E-state index contributed by atoms with van der Waals surface area (Å²) >= 11 is 0. The molecule has 0 spiro atoms. The van der Waals surface area contributed by atoms with Crippen molar-refractivity contribution in [3.63, 3.8) is 0 Å². The third-order valence-electron chi connectivity index (χ3n) is 6.80. The Morgan fingerprint density at radius 2 is 1.44 bits per heavy atom. The van der Waals surface area contributed by atoms with E-state index < -0.39 is 0 Å². The zero-order valence-corrected chi connectivity index (χ0v) is 20.0. The molecular weight excluding hydrogens is 418 g/mol. The maximum absolute atomic E-state index is 13.9. The fourth-order valence-corrected chi connectivity index (χ4v) is 5.34. The molecule has 1 atom stereocenters. The van der Waals surface area contributed by atoms with Crippen molar-refractivity contribution >= 4 is 5.91 Å². The fourth-order valence-electron chi connectivity index (χ4n) is 5.34. The lowest BCUT2D eigenvalue weighted by molar-refractivity contribution is -0.122. The lowest BCUT2D eigenvalue weighted by Crippen LogP contribution is -2.39. The molecule has 1 heterocycles. The smallest absolute Gasteiger partial charge is 0.232 e. The first-order valence-electron chi connectivity index (χ1n) is 12.0.